The van der Waals surface area contributed by atoms with E-state index in [-0.39, 0.29) is 0 Å². The molecule has 3 saturated carbocycles. The van der Waals surface area contributed by atoms with E-state index in [0.717, 1.165) is 11.8 Å². The van der Waals surface area contributed by atoms with Crippen molar-refractivity contribution in [2.45, 2.75) is 37.9 Å². The molecule has 0 N–H and O–H groups in total. The van der Waals surface area contributed by atoms with E-state index in [4.69, 9.17) is 4.74 Å². The Morgan fingerprint density at radius 1 is 1.33 bits per heavy atom. The van der Waals surface area contributed by atoms with Crippen molar-refractivity contribution in [3.8, 4) is 0 Å². The Balaban J connectivity index is 1.95. The maximum absolute atomic E-state index is 5.62. The summed E-state index contributed by atoms with van der Waals surface area (Å²) in [5.74, 6) is 2.00. The van der Waals surface area contributed by atoms with Crippen LogP contribution in [-0.4, -0.2) is 11.7 Å². The topological polar surface area (TPSA) is 12.5 Å². The minimum Gasteiger partial charge on any atom is -0.366 e. The summed E-state index contributed by atoms with van der Waals surface area (Å²) in [7, 11) is 0. The minimum absolute atomic E-state index is 0.370. The van der Waals surface area contributed by atoms with Crippen LogP contribution in [0.15, 0.2) is 0 Å². The standard InChI is InChI=1S/C8H12O/c1-8-6-2-5(3-6)4-7(8)9-8/h5-7H,2-4H2,1H3. The van der Waals surface area contributed by atoms with Crippen LogP contribution in [0, 0.1) is 11.8 Å². The van der Waals surface area contributed by atoms with Gasteiger partial charge in [-0.05, 0) is 38.0 Å². The maximum Gasteiger partial charge on any atom is 0.0948 e. The van der Waals surface area contributed by atoms with Gasteiger partial charge in [0.1, 0.15) is 0 Å². The summed E-state index contributed by atoms with van der Waals surface area (Å²) in [5, 5.41) is 0. The van der Waals surface area contributed by atoms with Gasteiger partial charge in [0.05, 0.1) is 11.7 Å². The highest BCUT2D eigenvalue weighted by atomic mass is 16.6. The van der Waals surface area contributed by atoms with Gasteiger partial charge < -0.3 is 4.74 Å². The number of ether oxygens (including phenoxy) is 1. The molecule has 2 bridgehead atoms. The summed E-state index contributed by atoms with van der Waals surface area (Å²) in [6, 6.07) is 0. The van der Waals surface area contributed by atoms with Crippen molar-refractivity contribution >= 4 is 0 Å². The third-order valence-electron chi connectivity index (χ3n) is 3.57. The van der Waals surface area contributed by atoms with E-state index in [0.29, 0.717) is 11.7 Å². The number of hydrogen-bond donors (Lipinski definition) is 0. The molecule has 2 atom stereocenters. The molecular weight excluding hydrogens is 112 g/mol. The zero-order valence-electron chi connectivity index (χ0n) is 5.76. The van der Waals surface area contributed by atoms with Crippen LogP contribution in [0.1, 0.15) is 26.2 Å². The third kappa shape index (κ3) is 0.389. The highest BCUT2D eigenvalue weighted by Crippen LogP contribution is 2.61. The molecule has 0 amide bonds. The van der Waals surface area contributed by atoms with Gasteiger partial charge in [-0.15, -0.1) is 0 Å². The van der Waals surface area contributed by atoms with Crippen LogP contribution in [0.2, 0.25) is 0 Å². The first-order valence-electron chi connectivity index (χ1n) is 3.97. The second-order valence-corrected chi connectivity index (χ2v) is 4.06. The quantitative estimate of drug-likeness (QED) is 0.446. The van der Waals surface area contributed by atoms with Gasteiger partial charge in [-0.2, -0.15) is 0 Å². The average molecular weight is 124 g/mol. The number of epoxide rings is 1. The molecule has 4 aliphatic rings. The Bertz CT molecular complexity index is 160. The predicted molar refractivity (Wildman–Crippen MR) is 34.1 cm³/mol. The molecule has 0 aromatic heterocycles. The lowest BCUT2D eigenvalue weighted by Crippen LogP contribution is -2.41. The highest BCUT2D eigenvalue weighted by molar-refractivity contribution is 5.13. The normalized spacial score (nSPS) is 68.3. The van der Waals surface area contributed by atoms with Gasteiger partial charge in [0.25, 0.3) is 0 Å². The highest BCUT2D eigenvalue weighted by Gasteiger charge is 2.65. The summed E-state index contributed by atoms with van der Waals surface area (Å²) < 4.78 is 5.62. The molecule has 3 aliphatic carbocycles. The fourth-order valence-corrected chi connectivity index (χ4v) is 2.61. The fourth-order valence-electron chi connectivity index (χ4n) is 2.61. The van der Waals surface area contributed by atoms with E-state index in [1.54, 1.807) is 0 Å². The van der Waals surface area contributed by atoms with E-state index in [1.807, 2.05) is 0 Å². The molecule has 1 heteroatoms. The summed E-state index contributed by atoms with van der Waals surface area (Å²) >= 11 is 0. The first-order chi connectivity index (χ1) is 4.29. The van der Waals surface area contributed by atoms with Crippen LogP contribution in [0.25, 0.3) is 0 Å². The van der Waals surface area contributed by atoms with Crippen molar-refractivity contribution in [1.29, 1.82) is 0 Å². The fraction of sp³-hybridized carbons (Fsp3) is 1.00. The van der Waals surface area contributed by atoms with Crippen molar-refractivity contribution in [3.63, 3.8) is 0 Å². The van der Waals surface area contributed by atoms with Crippen molar-refractivity contribution in [2.24, 2.45) is 11.8 Å². The molecule has 0 spiro atoms. The Labute approximate surface area is 55.4 Å². The largest absolute Gasteiger partial charge is 0.366 e. The second-order valence-electron chi connectivity index (χ2n) is 4.06. The molecule has 0 radical (unpaired) electrons. The van der Waals surface area contributed by atoms with Crippen molar-refractivity contribution in [2.75, 3.05) is 0 Å². The Morgan fingerprint density at radius 2 is 2.11 bits per heavy atom. The van der Waals surface area contributed by atoms with E-state index in [9.17, 15) is 0 Å². The second kappa shape index (κ2) is 1.07. The number of rotatable bonds is 0. The van der Waals surface area contributed by atoms with Crippen molar-refractivity contribution in [3.05, 3.63) is 0 Å². The number of hydrogen-bond acceptors (Lipinski definition) is 1. The van der Waals surface area contributed by atoms with Crippen molar-refractivity contribution in [1.82, 2.24) is 0 Å². The zero-order valence-corrected chi connectivity index (χ0v) is 5.76. The van der Waals surface area contributed by atoms with Gasteiger partial charge in [-0.1, -0.05) is 0 Å². The zero-order chi connectivity index (χ0) is 6.06. The van der Waals surface area contributed by atoms with Gasteiger partial charge in [-0.25, -0.2) is 0 Å². The van der Waals surface area contributed by atoms with Gasteiger partial charge in [-0.3, -0.25) is 0 Å². The molecule has 4 rings (SSSR count). The van der Waals surface area contributed by atoms with Crippen LogP contribution in [0.4, 0.5) is 0 Å². The molecule has 9 heavy (non-hydrogen) atoms. The predicted octanol–water partition coefficient (Wildman–Crippen LogP) is 1.57. The molecular formula is C8H12O. The molecule has 4 fully saturated rings. The summed E-state index contributed by atoms with van der Waals surface area (Å²) in [4.78, 5) is 0. The van der Waals surface area contributed by atoms with Gasteiger partial charge in [0.15, 0.2) is 0 Å². The third-order valence-corrected chi connectivity index (χ3v) is 3.57. The van der Waals surface area contributed by atoms with Crippen molar-refractivity contribution < 1.29 is 4.74 Å². The van der Waals surface area contributed by atoms with Gasteiger partial charge >= 0.3 is 0 Å². The Morgan fingerprint density at radius 3 is 2.56 bits per heavy atom. The lowest BCUT2D eigenvalue weighted by molar-refractivity contribution is 0.0871. The molecule has 0 aromatic carbocycles. The molecule has 1 saturated heterocycles. The lowest BCUT2D eigenvalue weighted by atomic mass is 9.60. The van der Waals surface area contributed by atoms with Crippen LogP contribution in [0.5, 0.6) is 0 Å². The Kier molecular flexibility index (Phi) is 0.563. The van der Waals surface area contributed by atoms with Crippen LogP contribution < -0.4 is 0 Å². The lowest BCUT2D eigenvalue weighted by Gasteiger charge is -2.42. The summed E-state index contributed by atoms with van der Waals surface area (Å²) in [6.45, 7) is 2.29. The molecule has 1 nitrogen and oxygen atoms in total. The summed E-state index contributed by atoms with van der Waals surface area (Å²) in [5.41, 5.74) is 0.370. The first-order valence-corrected chi connectivity index (χ1v) is 3.97. The van der Waals surface area contributed by atoms with E-state index < -0.39 is 0 Å². The van der Waals surface area contributed by atoms with Crippen LogP contribution in [0.3, 0.4) is 0 Å². The van der Waals surface area contributed by atoms with E-state index in [2.05, 4.69) is 6.92 Å². The van der Waals surface area contributed by atoms with Gasteiger partial charge in [0.2, 0.25) is 0 Å². The van der Waals surface area contributed by atoms with Gasteiger partial charge in [0, 0.05) is 0 Å². The first kappa shape index (κ1) is 4.73. The smallest absolute Gasteiger partial charge is 0.0948 e. The average Bonchev–Trinajstić information content (AvgIpc) is 2.33. The van der Waals surface area contributed by atoms with Crippen LogP contribution in [-0.2, 0) is 4.74 Å². The minimum atomic E-state index is 0.370. The monoisotopic (exact) mass is 124 g/mol. The molecule has 50 valence electrons. The van der Waals surface area contributed by atoms with E-state index in [1.165, 1.54) is 19.3 Å². The van der Waals surface area contributed by atoms with Crippen LogP contribution >= 0.6 is 0 Å². The summed E-state index contributed by atoms with van der Waals surface area (Å²) in [6.07, 6.45) is 4.97. The molecule has 1 heterocycles. The Hall–Kier alpha value is -0.0400. The van der Waals surface area contributed by atoms with E-state index >= 15 is 0 Å². The molecule has 0 aromatic rings. The maximum atomic E-state index is 5.62. The molecule has 2 unspecified atom stereocenters. The SMILES string of the molecule is CC12OC1CC1CC2C1. The molecule has 1 aliphatic heterocycles.